The average molecular weight is 230 g/mol. The molecule has 2 aliphatic rings. The van der Waals surface area contributed by atoms with Crippen molar-refractivity contribution in [1.82, 2.24) is 0 Å². The Morgan fingerprint density at radius 3 is 2.59 bits per heavy atom. The van der Waals surface area contributed by atoms with Gasteiger partial charge in [-0.1, -0.05) is 18.6 Å². The Morgan fingerprint density at radius 1 is 1.12 bits per heavy atom. The molecule has 2 aliphatic carbocycles. The number of fused-ring (bicyclic) bond motifs is 2. The standard InChI is InChI=1S/C15H22N2/c1-17(2)15-6-4-3-5-13(15)16-14-10-11-7-8-12(14)9-11/h3-6,11-12,14,16H,7-10H2,1-2H3. The lowest BCUT2D eigenvalue weighted by atomic mass is 9.95. The fraction of sp³-hybridized carbons (Fsp3) is 0.600. The van der Waals surface area contributed by atoms with Gasteiger partial charge in [-0.3, -0.25) is 0 Å². The molecule has 3 atom stereocenters. The van der Waals surface area contributed by atoms with Gasteiger partial charge in [-0.05, 0) is 43.2 Å². The van der Waals surface area contributed by atoms with Crippen molar-refractivity contribution in [2.75, 3.05) is 24.3 Å². The Bertz CT molecular complexity index is 400. The van der Waals surface area contributed by atoms with Gasteiger partial charge in [0.1, 0.15) is 0 Å². The molecule has 2 fully saturated rings. The highest BCUT2D eigenvalue weighted by molar-refractivity contribution is 5.69. The SMILES string of the molecule is CN(C)c1ccccc1NC1CC2CCC1C2. The van der Waals surface area contributed by atoms with Crippen molar-refractivity contribution < 1.29 is 0 Å². The highest BCUT2D eigenvalue weighted by Crippen LogP contribution is 2.46. The molecule has 92 valence electrons. The van der Waals surface area contributed by atoms with Gasteiger partial charge in [0.05, 0.1) is 11.4 Å². The van der Waals surface area contributed by atoms with Crippen LogP contribution in [0.2, 0.25) is 0 Å². The lowest BCUT2D eigenvalue weighted by Crippen LogP contribution is -2.26. The van der Waals surface area contributed by atoms with Gasteiger partial charge in [0.15, 0.2) is 0 Å². The zero-order chi connectivity index (χ0) is 11.8. The second-order valence-corrected chi connectivity index (χ2v) is 5.84. The maximum absolute atomic E-state index is 3.78. The van der Waals surface area contributed by atoms with Crippen LogP contribution in [0.25, 0.3) is 0 Å². The maximum atomic E-state index is 3.78. The molecule has 2 nitrogen and oxygen atoms in total. The van der Waals surface area contributed by atoms with Gasteiger partial charge in [0.2, 0.25) is 0 Å². The van der Waals surface area contributed by atoms with E-state index >= 15 is 0 Å². The van der Waals surface area contributed by atoms with Crippen LogP contribution in [0.3, 0.4) is 0 Å². The third-order valence-corrected chi connectivity index (χ3v) is 4.46. The van der Waals surface area contributed by atoms with Crippen molar-refractivity contribution in [3.8, 4) is 0 Å². The fourth-order valence-electron chi connectivity index (χ4n) is 3.61. The molecule has 1 aromatic rings. The van der Waals surface area contributed by atoms with E-state index in [9.17, 15) is 0 Å². The molecule has 1 N–H and O–H groups in total. The molecule has 1 aromatic carbocycles. The highest BCUT2D eigenvalue weighted by Gasteiger charge is 2.39. The topological polar surface area (TPSA) is 15.3 Å². The predicted octanol–water partition coefficient (Wildman–Crippen LogP) is 3.35. The third-order valence-electron chi connectivity index (χ3n) is 4.46. The molecule has 0 aliphatic heterocycles. The second kappa shape index (κ2) is 4.25. The van der Waals surface area contributed by atoms with E-state index in [2.05, 4.69) is 48.6 Å². The van der Waals surface area contributed by atoms with Crippen molar-refractivity contribution in [2.45, 2.75) is 31.7 Å². The maximum Gasteiger partial charge on any atom is 0.0596 e. The van der Waals surface area contributed by atoms with Gasteiger partial charge in [-0.25, -0.2) is 0 Å². The minimum atomic E-state index is 0.717. The van der Waals surface area contributed by atoms with E-state index in [4.69, 9.17) is 0 Å². The number of hydrogen-bond acceptors (Lipinski definition) is 2. The van der Waals surface area contributed by atoms with Crippen molar-refractivity contribution >= 4 is 11.4 Å². The second-order valence-electron chi connectivity index (χ2n) is 5.84. The molecule has 2 bridgehead atoms. The van der Waals surface area contributed by atoms with Crippen molar-refractivity contribution in [3.63, 3.8) is 0 Å². The summed E-state index contributed by atoms with van der Waals surface area (Å²) >= 11 is 0. The van der Waals surface area contributed by atoms with Crippen LogP contribution in [0.4, 0.5) is 11.4 Å². The van der Waals surface area contributed by atoms with E-state index in [0.717, 1.165) is 17.9 Å². The number of nitrogens with one attached hydrogen (secondary N) is 1. The van der Waals surface area contributed by atoms with Gasteiger partial charge < -0.3 is 10.2 Å². The molecule has 2 heteroatoms. The summed E-state index contributed by atoms with van der Waals surface area (Å²) in [6.07, 6.45) is 5.75. The van der Waals surface area contributed by atoms with E-state index in [1.807, 2.05) is 0 Å². The summed E-state index contributed by atoms with van der Waals surface area (Å²) < 4.78 is 0. The molecular formula is C15H22N2. The predicted molar refractivity (Wildman–Crippen MR) is 73.6 cm³/mol. The first-order valence-corrected chi connectivity index (χ1v) is 6.77. The molecule has 0 heterocycles. The summed E-state index contributed by atoms with van der Waals surface area (Å²) in [5.74, 6) is 1.93. The van der Waals surface area contributed by atoms with Crippen molar-refractivity contribution in [2.24, 2.45) is 11.8 Å². The quantitative estimate of drug-likeness (QED) is 0.856. The Labute approximate surface area is 104 Å². The first-order valence-electron chi connectivity index (χ1n) is 6.77. The summed E-state index contributed by atoms with van der Waals surface area (Å²) in [5.41, 5.74) is 2.60. The lowest BCUT2D eigenvalue weighted by molar-refractivity contribution is 0.440. The zero-order valence-corrected chi connectivity index (χ0v) is 10.8. The molecule has 0 radical (unpaired) electrons. The Hall–Kier alpha value is -1.18. The molecular weight excluding hydrogens is 208 g/mol. The monoisotopic (exact) mass is 230 g/mol. The lowest BCUT2D eigenvalue weighted by Gasteiger charge is -2.27. The number of hydrogen-bond donors (Lipinski definition) is 1. The van der Waals surface area contributed by atoms with Crippen LogP contribution in [-0.4, -0.2) is 20.1 Å². The minimum Gasteiger partial charge on any atom is -0.380 e. The molecule has 0 amide bonds. The highest BCUT2D eigenvalue weighted by atomic mass is 15.1. The van der Waals surface area contributed by atoms with E-state index < -0.39 is 0 Å². The van der Waals surface area contributed by atoms with E-state index in [1.165, 1.54) is 37.1 Å². The summed E-state index contributed by atoms with van der Waals surface area (Å²) in [7, 11) is 4.22. The third kappa shape index (κ3) is 2.01. The summed E-state index contributed by atoms with van der Waals surface area (Å²) in [5, 5.41) is 3.78. The van der Waals surface area contributed by atoms with E-state index in [0.29, 0.717) is 0 Å². The Balaban J connectivity index is 1.77. The summed E-state index contributed by atoms with van der Waals surface area (Å²) in [6.45, 7) is 0. The first-order chi connectivity index (χ1) is 8.24. The Kier molecular flexibility index (Phi) is 2.73. The van der Waals surface area contributed by atoms with Gasteiger partial charge in [-0.15, -0.1) is 0 Å². The molecule has 0 spiro atoms. The van der Waals surface area contributed by atoms with Crippen LogP contribution in [-0.2, 0) is 0 Å². The van der Waals surface area contributed by atoms with Crippen LogP contribution >= 0.6 is 0 Å². The van der Waals surface area contributed by atoms with Crippen LogP contribution in [0.5, 0.6) is 0 Å². The number of benzene rings is 1. The molecule has 3 unspecified atom stereocenters. The van der Waals surface area contributed by atoms with E-state index in [-0.39, 0.29) is 0 Å². The van der Waals surface area contributed by atoms with Crippen molar-refractivity contribution in [3.05, 3.63) is 24.3 Å². The van der Waals surface area contributed by atoms with Crippen LogP contribution in [0.15, 0.2) is 24.3 Å². The minimum absolute atomic E-state index is 0.717. The van der Waals surface area contributed by atoms with E-state index in [1.54, 1.807) is 0 Å². The van der Waals surface area contributed by atoms with Crippen LogP contribution in [0.1, 0.15) is 25.7 Å². The molecule has 3 rings (SSSR count). The molecule has 0 aromatic heterocycles. The normalized spacial score (nSPS) is 30.6. The summed E-state index contributed by atoms with van der Waals surface area (Å²) in [4.78, 5) is 2.19. The van der Waals surface area contributed by atoms with Gasteiger partial charge in [0.25, 0.3) is 0 Å². The van der Waals surface area contributed by atoms with Gasteiger partial charge >= 0.3 is 0 Å². The number of nitrogens with zero attached hydrogens (tertiary/aromatic N) is 1. The fourth-order valence-corrected chi connectivity index (χ4v) is 3.61. The molecule has 0 saturated heterocycles. The zero-order valence-electron chi connectivity index (χ0n) is 10.8. The Morgan fingerprint density at radius 2 is 1.94 bits per heavy atom. The molecule has 17 heavy (non-hydrogen) atoms. The number of para-hydroxylation sites is 2. The van der Waals surface area contributed by atoms with Crippen LogP contribution in [0, 0.1) is 11.8 Å². The van der Waals surface area contributed by atoms with Gasteiger partial charge in [0, 0.05) is 20.1 Å². The smallest absolute Gasteiger partial charge is 0.0596 e. The largest absolute Gasteiger partial charge is 0.380 e. The number of rotatable bonds is 3. The number of anilines is 2. The first kappa shape index (κ1) is 10.9. The average Bonchev–Trinajstić information content (AvgIpc) is 2.91. The summed E-state index contributed by atoms with van der Waals surface area (Å²) in [6, 6.07) is 9.36. The molecule has 2 saturated carbocycles. The van der Waals surface area contributed by atoms with Gasteiger partial charge in [-0.2, -0.15) is 0 Å². The van der Waals surface area contributed by atoms with Crippen LogP contribution < -0.4 is 10.2 Å². The van der Waals surface area contributed by atoms with Crippen molar-refractivity contribution in [1.29, 1.82) is 0 Å².